The molecule has 33 heavy (non-hydrogen) atoms. The summed E-state index contributed by atoms with van der Waals surface area (Å²) in [6.45, 7) is 1.08. The number of alkyl halides is 1. The van der Waals surface area contributed by atoms with E-state index in [1.54, 1.807) is 12.0 Å². The van der Waals surface area contributed by atoms with Gasteiger partial charge in [-0.1, -0.05) is 12.1 Å². The van der Waals surface area contributed by atoms with Gasteiger partial charge in [-0.2, -0.15) is 0 Å². The first-order valence-electron chi connectivity index (χ1n) is 11.1. The maximum Gasteiger partial charge on any atom is 0.123 e. The molecule has 1 aliphatic rings. The Bertz CT molecular complexity index is 840. The minimum atomic E-state index is -1.37. The second-order valence-corrected chi connectivity index (χ2v) is 9.22. The normalized spacial score (nSPS) is 25.0. The zero-order chi connectivity index (χ0) is 23.8. The van der Waals surface area contributed by atoms with E-state index < -0.39 is 30.6 Å². The molecule has 1 fully saturated rings. The van der Waals surface area contributed by atoms with Crippen LogP contribution in [0.3, 0.4) is 0 Å². The molecule has 2 heterocycles. The van der Waals surface area contributed by atoms with Gasteiger partial charge in [0.25, 0.3) is 0 Å². The summed E-state index contributed by atoms with van der Waals surface area (Å²) in [5.41, 5.74) is 1.72. The molecule has 4 N–H and O–H groups in total. The molecule has 8 nitrogen and oxygen atoms in total. The van der Waals surface area contributed by atoms with Crippen molar-refractivity contribution < 1.29 is 34.3 Å². The number of halogens is 1. The molecule has 0 saturated carbocycles. The van der Waals surface area contributed by atoms with Gasteiger partial charge in [-0.3, -0.25) is 4.90 Å². The summed E-state index contributed by atoms with van der Waals surface area (Å²) < 4.78 is 24.9. The molecular weight excluding hydrogens is 451 g/mol. The predicted octanol–water partition coefficient (Wildman–Crippen LogP) is 1.60. The first kappa shape index (κ1) is 26.0. The number of aliphatic hydroxyl groups is 4. The minimum absolute atomic E-state index is 0.00839. The molecule has 5 atom stereocenters. The van der Waals surface area contributed by atoms with Gasteiger partial charge in [-0.25, -0.2) is 9.37 Å². The number of thiazole rings is 1. The van der Waals surface area contributed by atoms with E-state index in [4.69, 9.17) is 9.47 Å². The largest absolute Gasteiger partial charge is 0.497 e. The molecule has 0 amide bonds. The van der Waals surface area contributed by atoms with Gasteiger partial charge in [-0.05, 0) is 37.9 Å². The van der Waals surface area contributed by atoms with Gasteiger partial charge in [-0.15, -0.1) is 11.3 Å². The Labute approximate surface area is 197 Å². The van der Waals surface area contributed by atoms with Crippen LogP contribution in [0.15, 0.2) is 29.6 Å². The summed E-state index contributed by atoms with van der Waals surface area (Å²) in [5.74, 6) is 0.763. The van der Waals surface area contributed by atoms with E-state index in [1.165, 1.54) is 11.3 Å². The Morgan fingerprint density at radius 2 is 1.88 bits per heavy atom. The van der Waals surface area contributed by atoms with Crippen molar-refractivity contribution in [1.29, 1.82) is 0 Å². The Morgan fingerprint density at radius 3 is 2.58 bits per heavy atom. The Hall–Kier alpha value is -1.66. The van der Waals surface area contributed by atoms with E-state index in [1.807, 2.05) is 29.6 Å². The Kier molecular flexibility index (Phi) is 9.99. The number of aromatic nitrogens is 1. The van der Waals surface area contributed by atoms with Crippen LogP contribution in [0.2, 0.25) is 0 Å². The van der Waals surface area contributed by atoms with Crippen LogP contribution in [0.25, 0.3) is 10.6 Å². The van der Waals surface area contributed by atoms with Gasteiger partial charge >= 0.3 is 0 Å². The number of β-amino-alcohol motifs (C(OH)–C–C–N with tert-alkyl or cyclic N) is 2. The van der Waals surface area contributed by atoms with E-state index in [9.17, 15) is 24.8 Å². The molecule has 0 bridgehead atoms. The lowest BCUT2D eigenvalue weighted by Crippen LogP contribution is -2.43. The van der Waals surface area contributed by atoms with Crippen LogP contribution in [0.5, 0.6) is 5.75 Å². The van der Waals surface area contributed by atoms with E-state index >= 15 is 0 Å². The molecule has 3 rings (SSSR count). The van der Waals surface area contributed by atoms with Crippen LogP contribution in [0.4, 0.5) is 4.39 Å². The highest BCUT2D eigenvalue weighted by Gasteiger charge is 2.35. The van der Waals surface area contributed by atoms with Crippen LogP contribution in [0, 0.1) is 0 Å². The van der Waals surface area contributed by atoms with Crippen LogP contribution >= 0.6 is 11.3 Å². The van der Waals surface area contributed by atoms with Crippen molar-refractivity contribution in [3.63, 3.8) is 0 Å². The average Bonchev–Trinajstić information content (AvgIpc) is 3.26. The molecule has 0 spiro atoms. The lowest BCUT2D eigenvalue weighted by molar-refractivity contribution is -0.0894. The van der Waals surface area contributed by atoms with Crippen molar-refractivity contribution in [1.82, 2.24) is 9.88 Å². The molecule has 1 aromatic heterocycles. The summed E-state index contributed by atoms with van der Waals surface area (Å²) in [7, 11) is 1.62. The van der Waals surface area contributed by atoms with E-state index in [0.717, 1.165) is 22.0 Å². The summed E-state index contributed by atoms with van der Waals surface area (Å²) in [4.78, 5) is 6.32. The second kappa shape index (κ2) is 12.7. The summed E-state index contributed by atoms with van der Waals surface area (Å²) in [6.07, 6.45) is -4.47. The Balaban J connectivity index is 1.33. The first-order valence-corrected chi connectivity index (χ1v) is 12.0. The Morgan fingerprint density at radius 1 is 1.15 bits per heavy atom. The monoisotopic (exact) mass is 484 g/mol. The maximum atomic E-state index is 14.2. The van der Waals surface area contributed by atoms with Crippen molar-refractivity contribution in [3.8, 4) is 16.3 Å². The van der Waals surface area contributed by atoms with Gasteiger partial charge in [0.05, 0.1) is 38.2 Å². The molecule has 0 aliphatic carbocycles. The minimum Gasteiger partial charge on any atom is -0.497 e. The molecule has 184 valence electrons. The molecule has 0 unspecified atom stereocenters. The number of likely N-dealkylation sites (tertiary alicyclic amines) is 1. The number of ether oxygens (including phenoxy) is 2. The number of nitrogens with zero attached hydrogens (tertiary/aromatic N) is 2. The molecule has 0 radical (unpaired) electrons. The van der Waals surface area contributed by atoms with E-state index in [2.05, 4.69) is 4.98 Å². The van der Waals surface area contributed by atoms with Crippen LogP contribution < -0.4 is 4.74 Å². The fourth-order valence-corrected chi connectivity index (χ4v) is 4.60. The molecule has 10 heteroatoms. The van der Waals surface area contributed by atoms with Crippen LogP contribution in [-0.4, -0.2) is 94.2 Å². The lowest BCUT2D eigenvalue weighted by atomic mass is 10.1. The zero-order valence-electron chi connectivity index (χ0n) is 18.7. The third-order valence-electron chi connectivity index (χ3n) is 5.69. The van der Waals surface area contributed by atoms with Gasteiger partial charge in [0.2, 0.25) is 0 Å². The van der Waals surface area contributed by atoms with Gasteiger partial charge in [0, 0.05) is 24.0 Å². The predicted molar refractivity (Wildman–Crippen MR) is 123 cm³/mol. The molecule has 2 aromatic rings. The standard InChI is InChI=1S/C23H33FN2O6S/c1-31-18-7-4-5-15(9-18)23-25-17(14-33-23)13-32-12-16(24)6-2-3-8-26-10-19(27)21(29)22(30)20(28)11-26/h4-5,7,9,14,16,19-22,27-30H,2-3,6,8,10-13H2,1H3/t16-,19-,20-,21+,22+/m0/s1. The summed E-state index contributed by atoms with van der Waals surface area (Å²) in [6, 6.07) is 7.65. The van der Waals surface area contributed by atoms with Crippen LogP contribution in [0.1, 0.15) is 25.0 Å². The number of methoxy groups -OCH3 is 1. The molecule has 1 aliphatic heterocycles. The smallest absolute Gasteiger partial charge is 0.123 e. The quantitative estimate of drug-likeness (QED) is 0.356. The number of hydrogen-bond acceptors (Lipinski definition) is 9. The summed E-state index contributed by atoms with van der Waals surface area (Å²) in [5, 5.41) is 42.0. The highest BCUT2D eigenvalue weighted by atomic mass is 32.1. The van der Waals surface area contributed by atoms with Crippen LogP contribution in [-0.2, 0) is 11.3 Å². The van der Waals surface area contributed by atoms with Crippen molar-refractivity contribution in [2.75, 3.05) is 33.4 Å². The van der Waals surface area contributed by atoms with Crippen molar-refractivity contribution in [2.24, 2.45) is 0 Å². The first-order chi connectivity index (χ1) is 15.9. The SMILES string of the molecule is COc1cccc(-c2nc(COC[C@@H](F)CCCCN3C[C@H](O)[C@@H](O)[C@H](O)[C@@H](O)C3)cs2)c1. The van der Waals surface area contributed by atoms with Gasteiger partial charge in [0.15, 0.2) is 0 Å². The highest BCUT2D eigenvalue weighted by molar-refractivity contribution is 7.13. The van der Waals surface area contributed by atoms with Gasteiger partial charge in [0.1, 0.15) is 29.1 Å². The van der Waals surface area contributed by atoms with Crippen molar-refractivity contribution in [2.45, 2.75) is 56.5 Å². The second-order valence-electron chi connectivity index (χ2n) is 8.36. The maximum absolute atomic E-state index is 14.2. The summed E-state index contributed by atoms with van der Waals surface area (Å²) >= 11 is 1.50. The third kappa shape index (κ3) is 7.68. The number of hydrogen-bond donors (Lipinski definition) is 4. The zero-order valence-corrected chi connectivity index (χ0v) is 19.5. The van der Waals surface area contributed by atoms with E-state index in [-0.39, 0.29) is 26.3 Å². The lowest BCUT2D eigenvalue weighted by Gasteiger charge is -2.23. The van der Waals surface area contributed by atoms with Crippen molar-refractivity contribution in [3.05, 3.63) is 35.3 Å². The number of rotatable bonds is 11. The molecular formula is C23H33FN2O6S. The fourth-order valence-electron chi connectivity index (χ4n) is 3.80. The van der Waals surface area contributed by atoms with Gasteiger partial charge < -0.3 is 29.9 Å². The molecule has 1 saturated heterocycles. The molecule has 1 aromatic carbocycles. The van der Waals surface area contributed by atoms with E-state index in [0.29, 0.717) is 25.8 Å². The number of unbranched alkanes of at least 4 members (excludes halogenated alkanes) is 1. The number of benzene rings is 1. The third-order valence-corrected chi connectivity index (χ3v) is 6.63. The topological polar surface area (TPSA) is 116 Å². The van der Waals surface area contributed by atoms with Crippen molar-refractivity contribution >= 4 is 11.3 Å². The fraction of sp³-hybridized carbons (Fsp3) is 0.609. The average molecular weight is 485 g/mol. The number of aliphatic hydroxyl groups excluding tert-OH is 4. The highest BCUT2D eigenvalue weighted by Crippen LogP contribution is 2.27.